The summed E-state index contributed by atoms with van der Waals surface area (Å²) in [5.41, 5.74) is 0.955. The first-order chi connectivity index (χ1) is 12.3. The van der Waals surface area contributed by atoms with Crippen LogP contribution in [0.5, 0.6) is 5.75 Å². The summed E-state index contributed by atoms with van der Waals surface area (Å²) in [4.78, 5) is 4.43. The number of allylic oxidation sites excluding steroid dienone is 1. The second kappa shape index (κ2) is 8.80. The summed E-state index contributed by atoms with van der Waals surface area (Å²) in [6.45, 7) is 5.27. The van der Waals surface area contributed by atoms with Crippen molar-refractivity contribution >= 4 is 17.5 Å². The topological polar surface area (TPSA) is 68.9 Å². The summed E-state index contributed by atoms with van der Waals surface area (Å²) in [6, 6.07) is 7.67. The van der Waals surface area contributed by atoms with Gasteiger partial charge in [-0.05, 0) is 31.2 Å². The summed E-state index contributed by atoms with van der Waals surface area (Å²) in [5, 5.41) is 16.0. The van der Waals surface area contributed by atoms with Gasteiger partial charge in [0.25, 0.3) is 5.76 Å². The van der Waals surface area contributed by atoms with Crippen molar-refractivity contribution in [3.63, 3.8) is 0 Å². The summed E-state index contributed by atoms with van der Waals surface area (Å²) >= 11 is 1.57. The van der Waals surface area contributed by atoms with Crippen molar-refractivity contribution in [2.45, 2.75) is 31.0 Å². The van der Waals surface area contributed by atoms with Gasteiger partial charge in [-0.2, -0.15) is 0 Å². The Morgan fingerprint density at radius 3 is 2.54 bits per heavy atom. The van der Waals surface area contributed by atoms with Crippen molar-refractivity contribution in [3.05, 3.63) is 53.8 Å². The molecule has 0 amide bonds. The third kappa shape index (κ3) is 5.56. The molecule has 1 aromatic heterocycles. The smallest absolute Gasteiger partial charge is 0.269 e. The van der Waals surface area contributed by atoms with Crippen LogP contribution in [0.25, 0.3) is 11.3 Å². The molecule has 1 aromatic carbocycles. The van der Waals surface area contributed by atoms with Gasteiger partial charge in [-0.15, -0.1) is 11.8 Å². The standard InChI is InChI=1S/C19H20F2N2O2S/c1-11(2)26-18-6-4-5-17(23-18)13-8-15(20)19(16(21)9-13)25-10-14(24)7-12(3)22/h4-9,11,22,24H,10H2,1-3H3/p+1/b14-7-,22-12?. The fourth-order valence-corrected chi connectivity index (χ4v) is 2.97. The molecular formula is C19H21F2N2O2S+. The van der Waals surface area contributed by atoms with E-state index in [0.717, 1.165) is 5.03 Å². The minimum Gasteiger partial charge on any atom is -0.594 e. The minimum atomic E-state index is -0.858. The predicted molar refractivity (Wildman–Crippen MR) is 101 cm³/mol. The van der Waals surface area contributed by atoms with Crippen LogP contribution in [0, 0.1) is 17.0 Å². The number of aromatic nitrogens is 1. The summed E-state index contributed by atoms with van der Waals surface area (Å²) in [5.74, 6) is -2.30. The molecule has 26 heavy (non-hydrogen) atoms. The maximum absolute atomic E-state index is 14.3. The Bertz CT molecular complexity index is 815. The van der Waals surface area contributed by atoms with Crippen molar-refractivity contribution < 1.29 is 18.6 Å². The lowest BCUT2D eigenvalue weighted by molar-refractivity contribution is 0.252. The first-order valence-electron chi connectivity index (χ1n) is 7.99. The van der Waals surface area contributed by atoms with Crippen LogP contribution >= 0.6 is 11.8 Å². The first-order valence-corrected chi connectivity index (χ1v) is 8.87. The second-order valence-corrected chi connectivity index (χ2v) is 7.53. The molecule has 7 heteroatoms. The Balaban J connectivity index is 2.25. The fourth-order valence-electron chi connectivity index (χ4n) is 2.18. The number of pyridine rings is 1. The maximum atomic E-state index is 14.3. The molecule has 3 N–H and O–H groups in total. The molecule has 1 heterocycles. The Morgan fingerprint density at radius 1 is 1.31 bits per heavy atom. The number of hydrogen-bond acceptors (Lipinski definition) is 4. The number of nitrogens with zero attached hydrogens (tertiary/aromatic N) is 1. The lowest BCUT2D eigenvalue weighted by Gasteiger charge is -2.10. The molecule has 2 aromatic rings. The number of ether oxygens (including phenoxy) is 1. The van der Waals surface area contributed by atoms with Gasteiger partial charge in [0, 0.05) is 16.5 Å². The van der Waals surface area contributed by atoms with E-state index in [1.54, 1.807) is 23.9 Å². The minimum absolute atomic E-state index is 0.0412. The van der Waals surface area contributed by atoms with Crippen molar-refractivity contribution in [2.75, 3.05) is 6.61 Å². The number of benzene rings is 1. The Labute approximate surface area is 155 Å². The van der Waals surface area contributed by atoms with E-state index >= 15 is 0 Å². The highest BCUT2D eigenvalue weighted by Crippen LogP contribution is 2.30. The van der Waals surface area contributed by atoms with Gasteiger partial charge < -0.3 is 15.3 Å². The number of hydrogen-bond donors (Lipinski definition) is 1. The van der Waals surface area contributed by atoms with Crippen LogP contribution < -0.4 is 4.74 Å². The van der Waals surface area contributed by atoms with Gasteiger partial charge in [0.2, 0.25) is 0 Å². The summed E-state index contributed by atoms with van der Waals surface area (Å²) in [7, 11) is 0. The third-order valence-electron chi connectivity index (χ3n) is 3.14. The maximum Gasteiger partial charge on any atom is 0.269 e. The van der Waals surface area contributed by atoms with Crippen LogP contribution in [-0.4, -0.2) is 27.7 Å². The van der Waals surface area contributed by atoms with E-state index in [9.17, 15) is 8.78 Å². The molecule has 0 aliphatic rings. The SMILES string of the molecule is CC(=N)/C=C(\[OH2+])COc1c(F)cc(-c2cccc(SC(C)C)n2)cc1F. The monoisotopic (exact) mass is 379 g/mol. The van der Waals surface area contributed by atoms with E-state index in [2.05, 4.69) is 4.98 Å². The van der Waals surface area contributed by atoms with Gasteiger partial charge >= 0.3 is 0 Å². The highest BCUT2D eigenvalue weighted by Gasteiger charge is 2.16. The van der Waals surface area contributed by atoms with Crippen LogP contribution in [0.15, 0.2) is 47.2 Å². The molecule has 0 unspecified atom stereocenters. The lowest BCUT2D eigenvalue weighted by atomic mass is 10.1. The number of rotatable bonds is 7. The van der Waals surface area contributed by atoms with Crippen LogP contribution in [-0.2, 0) is 0 Å². The molecule has 0 saturated heterocycles. The molecule has 0 aliphatic carbocycles. The lowest BCUT2D eigenvalue weighted by Crippen LogP contribution is -2.05. The van der Waals surface area contributed by atoms with Crippen molar-refractivity contribution in [1.29, 1.82) is 5.41 Å². The van der Waals surface area contributed by atoms with Crippen LogP contribution in [0.3, 0.4) is 0 Å². The average Bonchev–Trinajstić information content (AvgIpc) is 2.52. The van der Waals surface area contributed by atoms with E-state index in [0.29, 0.717) is 16.5 Å². The summed E-state index contributed by atoms with van der Waals surface area (Å²) < 4.78 is 33.7. The number of nitrogens with one attached hydrogen (secondary N) is 1. The average molecular weight is 379 g/mol. The molecule has 0 atom stereocenters. The molecular weight excluding hydrogens is 358 g/mol. The molecule has 2 rings (SSSR count). The normalized spacial score (nSPS) is 11.7. The van der Waals surface area contributed by atoms with Gasteiger partial charge in [-0.3, -0.25) is 0 Å². The number of thioether (sulfide) groups is 1. The molecule has 0 aliphatic heterocycles. The van der Waals surface area contributed by atoms with E-state index in [1.165, 1.54) is 25.1 Å². The molecule has 4 nitrogen and oxygen atoms in total. The molecule has 0 fully saturated rings. The van der Waals surface area contributed by atoms with Crippen molar-refractivity contribution in [3.8, 4) is 17.0 Å². The van der Waals surface area contributed by atoms with Crippen molar-refractivity contribution in [2.24, 2.45) is 0 Å². The molecule has 0 spiro atoms. The van der Waals surface area contributed by atoms with Gasteiger partial charge in [-0.25, -0.2) is 13.8 Å². The van der Waals surface area contributed by atoms with Gasteiger partial charge in [0.1, 0.15) is 0 Å². The van der Waals surface area contributed by atoms with Crippen molar-refractivity contribution in [1.82, 2.24) is 4.98 Å². The van der Waals surface area contributed by atoms with Gasteiger partial charge in [0.15, 0.2) is 24.0 Å². The van der Waals surface area contributed by atoms with E-state index in [4.69, 9.17) is 15.3 Å². The quantitative estimate of drug-likeness (QED) is 0.332. The Kier molecular flexibility index (Phi) is 6.74. The van der Waals surface area contributed by atoms with Crippen LogP contribution in [0.2, 0.25) is 0 Å². The zero-order chi connectivity index (χ0) is 19.3. The van der Waals surface area contributed by atoms with Crippen LogP contribution in [0.1, 0.15) is 20.8 Å². The zero-order valence-electron chi connectivity index (χ0n) is 14.8. The zero-order valence-corrected chi connectivity index (χ0v) is 15.6. The molecule has 138 valence electrons. The Morgan fingerprint density at radius 2 is 1.96 bits per heavy atom. The second-order valence-electron chi connectivity index (χ2n) is 5.94. The van der Waals surface area contributed by atoms with Gasteiger partial charge in [-0.1, -0.05) is 19.9 Å². The largest absolute Gasteiger partial charge is 0.594 e. The number of halogens is 2. The van der Waals surface area contributed by atoms with Crippen LogP contribution in [0.4, 0.5) is 8.78 Å². The van der Waals surface area contributed by atoms with Gasteiger partial charge in [0.05, 0.1) is 16.8 Å². The van der Waals surface area contributed by atoms with E-state index in [-0.39, 0.29) is 18.1 Å². The third-order valence-corrected chi connectivity index (χ3v) is 4.08. The molecule has 0 bridgehead atoms. The van der Waals surface area contributed by atoms with E-state index < -0.39 is 17.4 Å². The van der Waals surface area contributed by atoms with E-state index in [1.807, 2.05) is 19.9 Å². The predicted octanol–water partition coefficient (Wildman–Crippen LogP) is 4.55. The highest BCUT2D eigenvalue weighted by atomic mass is 32.2. The molecule has 0 saturated carbocycles. The Hall–Kier alpha value is -2.41. The fraction of sp³-hybridized carbons (Fsp3) is 0.263. The highest BCUT2D eigenvalue weighted by molar-refractivity contribution is 7.99. The summed E-state index contributed by atoms with van der Waals surface area (Å²) in [6.07, 6.45) is 1.26. The molecule has 0 radical (unpaired) electrons. The first kappa shape index (κ1) is 19.9.